The number of hydrogen-bond acceptors (Lipinski definition) is 7. The Labute approximate surface area is 115 Å². The fourth-order valence-corrected chi connectivity index (χ4v) is 1.42. The van der Waals surface area contributed by atoms with E-state index < -0.39 is 11.9 Å². The highest BCUT2D eigenvalue weighted by atomic mass is 16.1. The van der Waals surface area contributed by atoms with Gasteiger partial charge < -0.3 is 16.4 Å². The van der Waals surface area contributed by atoms with Gasteiger partial charge in [-0.1, -0.05) is 0 Å². The SMILES string of the molecule is CCNc1nc(NC(C)C(N)=O)nc(-n2cccn2)n1. The summed E-state index contributed by atoms with van der Waals surface area (Å²) in [6.45, 7) is 4.22. The van der Waals surface area contributed by atoms with Crippen molar-refractivity contribution >= 4 is 17.8 Å². The van der Waals surface area contributed by atoms with Crippen LogP contribution in [-0.4, -0.2) is 43.2 Å². The number of aromatic nitrogens is 5. The molecule has 0 saturated heterocycles. The number of amides is 1. The van der Waals surface area contributed by atoms with Gasteiger partial charge in [0.2, 0.25) is 17.8 Å². The fraction of sp³-hybridized carbons (Fsp3) is 0.364. The van der Waals surface area contributed by atoms with E-state index in [4.69, 9.17) is 5.73 Å². The number of carbonyl (C=O) groups is 1. The van der Waals surface area contributed by atoms with Gasteiger partial charge in [-0.25, -0.2) is 4.68 Å². The van der Waals surface area contributed by atoms with Gasteiger partial charge in [0.05, 0.1) is 0 Å². The van der Waals surface area contributed by atoms with Crippen molar-refractivity contribution in [2.45, 2.75) is 19.9 Å². The maximum absolute atomic E-state index is 11.1. The zero-order chi connectivity index (χ0) is 14.5. The molecule has 0 aliphatic heterocycles. The molecule has 0 radical (unpaired) electrons. The lowest BCUT2D eigenvalue weighted by molar-refractivity contribution is -0.118. The summed E-state index contributed by atoms with van der Waals surface area (Å²) in [4.78, 5) is 23.7. The Kier molecular flexibility index (Phi) is 4.08. The largest absolute Gasteiger partial charge is 0.368 e. The Morgan fingerprint density at radius 3 is 2.75 bits per heavy atom. The van der Waals surface area contributed by atoms with Crippen molar-refractivity contribution in [3.05, 3.63) is 18.5 Å². The van der Waals surface area contributed by atoms with Crippen LogP contribution in [0.15, 0.2) is 18.5 Å². The van der Waals surface area contributed by atoms with Crippen molar-refractivity contribution in [2.75, 3.05) is 17.2 Å². The van der Waals surface area contributed by atoms with Crippen molar-refractivity contribution < 1.29 is 4.79 Å². The minimum Gasteiger partial charge on any atom is -0.368 e. The maximum Gasteiger partial charge on any atom is 0.257 e. The van der Waals surface area contributed by atoms with Gasteiger partial charge in [0.15, 0.2) is 0 Å². The van der Waals surface area contributed by atoms with Gasteiger partial charge in [-0.3, -0.25) is 4.79 Å². The van der Waals surface area contributed by atoms with Gasteiger partial charge >= 0.3 is 0 Å². The van der Waals surface area contributed by atoms with Crippen molar-refractivity contribution in [1.29, 1.82) is 0 Å². The molecule has 0 spiro atoms. The van der Waals surface area contributed by atoms with Crippen LogP contribution in [0.1, 0.15) is 13.8 Å². The summed E-state index contributed by atoms with van der Waals surface area (Å²) < 4.78 is 1.50. The van der Waals surface area contributed by atoms with Crippen LogP contribution in [0.25, 0.3) is 5.95 Å². The molecule has 1 unspecified atom stereocenters. The van der Waals surface area contributed by atoms with E-state index in [-0.39, 0.29) is 5.95 Å². The lowest BCUT2D eigenvalue weighted by atomic mass is 10.3. The van der Waals surface area contributed by atoms with Crippen LogP contribution in [0.5, 0.6) is 0 Å². The predicted molar refractivity (Wildman–Crippen MR) is 73.4 cm³/mol. The number of primary amides is 1. The van der Waals surface area contributed by atoms with E-state index in [0.717, 1.165) is 0 Å². The van der Waals surface area contributed by atoms with E-state index in [1.807, 2.05) is 6.92 Å². The molecular weight excluding hydrogens is 260 g/mol. The Hall–Kier alpha value is -2.71. The molecule has 2 aromatic heterocycles. The molecule has 106 valence electrons. The third-order valence-electron chi connectivity index (χ3n) is 2.44. The Balaban J connectivity index is 2.33. The summed E-state index contributed by atoms with van der Waals surface area (Å²) in [5.74, 6) is 0.510. The number of nitrogens with one attached hydrogen (secondary N) is 2. The monoisotopic (exact) mass is 276 g/mol. The third kappa shape index (κ3) is 3.19. The first kappa shape index (κ1) is 13.7. The fourth-order valence-electron chi connectivity index (χ4n) is 1.42. The molecule has 0 aromatic carbocycles. The molecule has 0 bridgehead atoms. The highest BCUT2D eigenvalue weighted by Gasteiger charge is 2.13. The Morgan fingerprint density at radius 1 is 1.40 bits per heavy atom. The highest BCUT2D eigenvalue weighted by Crippen LogP contribution is 2.09. The molecule has 20 heavy (non-hydrogen) atoms. The summed E-state index contributed by atoms with van der Waals surface area (Å²) in [6.07, 6.45) is 3.34. The van der Waals surface area contributed by atoms with Crippen LogP contribution >= 0.6 is 0 Å². The quantitative estimate of drug-likeness (QED) is 0.666. The molecule has 0 fully saturated rings. The lowest BCUT2D eigenvalue weighted by Crippen LogP contribution is -2.33. The summed E-state index contributed by atoms with van der Waals surface area (Å²) in [5, 5.41) is 9.88. The molecule has 1 amide bonds. The Morgan fingerprint density at radius 2 is 2.15 bits per heavy atom. The van der Waals surface area contributed by atoms with E-state index in [1.165, 1.54) is 4.68 Å². The average molecular weight is 276 g/mol. The zero-order valence-corrected chi connectivity index (χ0v) is 11.2. The summed E-state index contributed by atoms with van der Waals surface area (Å²) in [6, 6.07) is 1.17. The average Bonchev–Trinajstić information content (AvgIpc) is 2.92. The van der Waals surface area contributed by atoms with Crippen molar-refractivity contribution in [2.24, 2.45) is 5.73 Å². The van der Waals surface area contributed by atoms with Crippen LogP contribution in [0, 0.1) is 0 Å². The number of nitrogens with two attached hydrogens (primary N) is 1. The van der Waals surface area contributed by atoms with Crippen molar-refractivity contribution in [3.8, 4) is 5.95 Å². The summed E-state index contributed by atoms with van der Waals surface area (Å²) >= 11 is 0. The van der Waals surface area contributed by atoms with Gasteiger partial charge in [-0.05, 0) is 19.9 Å². The van der Waals surface area contributed by atoms with Crippen LogP contribution in [0.3, 0.4) is 0 Å². The molecule has 0 aliphatic carbocycles. The molecule has 0 saturated carbocycles. The molecule has 2 aromatic rings. The number of rotatable bonds is 6. The summed E-state index contributed by atoms with van der Waals surface area (Å²) in [7, 11) is 0. The van der Waals surface area contributed by atoms with Gasteiger partial charge in [0.25, 0.3) is 5.95 Å². The Bertz CT molecular complexity index is 582. The van der Waals surface area contributed by atoms with Gasteiger partial charge in [-0.15, -0.1) is 0 Å². The van der Waals surface area contributed by atoms with E-state index in [0.29, 0.717) is 18.4 Å². The molecule has 2 heterocycles. The number of anilines is 2. The van der Waals surface area contributed by atoms with Crippen LogP contribution in [0.2, 0.25) is 0 Å². The first-order valence-electron chi connectivity index (χ1n) is 6.16. The van der Waals surface area contributed by atoms with E-state index in [2.05, 4.69) is 30.7 Å². The molecule has 4 N–H and O–H groups in total. The molecular formula is C11H16N8O. The second-order valence-electron chi connectivity index (χ2n) is 4.03. The number of nitrogens with zero attached hydrogens (tertiary/aromatic N) is 5. The van der Waals surface area contributed by atoms with Gasteiger partial charge in [-0.2, -0.15) is 20.1 Å². The standard InChI is InChI=1S/C11H16N8O/c1-3-13-9-16-10(15-7(2)8(12)20)18-11(17-9)19-6-4-5-14-19/h4-7H,3H2,1-2H3,(H2,12,20)(H2,13,15,16,17,18). The first-order valence-corrected chi connectivity index (χ1v) is 6.16. The summed E-state index contributed by atoms with van der Waals surface area (Å²) in [5.41, 5.74) is 5.21. The number of carbonyl (C=O) groups excluding carboxylic acids is 1. The van der Waals surface area contributed by atoms with Crippen molar-refractivity contribution in [1.82, 2.24) is 24.7 Å². The van der Waals surface area contributed by atoms with Crippen LogP contribution < -0.4 is 16.4 Å². The third-order valence-corrected chi connectivity index (χ3v) is 2.44. The highest BCUT2D eigenvalue weighted by molar-refractivity contribution is 5.81. The minimum atomic E-state index is -0.586. The lowest BCUT2D eigenvalue weighted by Gasteiger charge is -2.12. The zero-order valence-electron chi connectivity index (χ0n) is 11.2. The molecule has 9 heteroatoms. The van der Waals surface area contributed by atoms with E-state index in [1.54, 1.807) is 25.4 Å². The first-order chi connectivity index (χ1) is 9.60. The second-order valence-corrected chi connectivity index (χ2v) is 4.03. The van der Waals surface area contributed by atoms with Crippen molar-refractivity contribution in [3.63, 3.8) is 0 Å². The minimum absolute atomic E-state index is 0.257. The molecule has 2 rings (SSSR count). The van der Waals surface area contributed by atoms with Gasteiger partial charge in [0, 0.05) is 18.9 Å². The maximum atomic E-state index is 11.1. The van der Waals surface area contributed by atoms with E-state index in [9.17, 15) is 4.79 Å². The van der Waals surface area contributed by atoms with Crippen LogP contribution in [0.4, 0.5) is 11.9 Å². The topological polar surface area (TPSA) is 124 Å². The van der Waals surface area contributed by atoms with E-state index >= 15 is 0 Å². The van der Waals surface area contributed by atoms with Crippen LogP contribution in [-0.2, 0) is 4.79 Å². The normalized spacial score (nSPS) is 11.9. The molecule has 1 atom stereocenters. The number of hydrogen-bond donors (Lipinski definition) is 3. The smallest absolute Gasteiger partial charge is 0.257 e. The molecule has 9 nitrogen and oxygen atoms in total. The second kappa shape index (κ2) is 5.95. The van der Waals surface area contributed by atoms with Gasteiger partial charge in [0.1, 0.15) is 6.04 Å². The predicted octanol–water partition coefficient (Wildman–Crippen LogP) is -0.225. The molecule has 0 aliphatic rings.